The summed E-state index contributed by atoms with van der Waals surface area (Å²) < 4.78 is 39.8. The number of carbonyl (C=O) groups is 1. The van der Waals surface area contributed by atoms with Crippen LogP contribution < -0.4 is 5.32 Å². The van der Waals surface area contributed by atoms with Gasteiger partial charge in [0, 0.05) is 5.69 Å². The summed E-state index contributed by atoms with van der Waals surface area (Å²) in [7, 11) is 0. The first-order chi connectivity index (χ1) is 10.2. The van der Waals surface area contributed by atoms with Gasteiger partial charge < -0.3 is 5.32 Å². The van der Waals surface area contributed by atoms with Crippen molar-refractivity contribution in [3.8, 4) is 0 Å². The van der Waals surface area contributed by atoms with Crippen molar-refractivity contribution in [1.82, 2.24) is 0 Å². The first-order valence-electron chi connectivity index (χ1n) is 6.76. The lowest BCUT2D eigenvalue weighted by molar-refractivity contribution is 0.102. The zero-order chi connectivity index (χ0) is 16.5. The molecule has 0 spiro atoms. The highest BCUT2D eigenvalue weighted by atomic mass is 19.2. The zero-order valence-corrected chi connectivity index (χ0v) is 12.5. The summed E-state index contributed by atoms with van der Waals surface area (Å²) in [6, 6.07) is 8.72. The molecule has 0 aromatic heterocycles. The molecule has 0 heterocycles. The maximum Gasteiger partial charge on any atom is 0.258 e. The summed E-state index contributed by atoms with van der Waals surface area (Å²) in [6.07, 6.45) is 0. The molecule has 0 unspecified atom stereocenters. The number of amides is 1. The van der Waals surface area contributed by atoms with Crippen molar-refractivity contribution in [3.63, 3.8) is 0 Å². The van der Waals surface area contributed by atoms with E-state index in [1.807, 2.05) is 32.9 Å². The van der Waals surface area contributed by atoms with Crippen LogP contribution in [0.15, 0.2) is 36.4 Å². The zero-order valence-electron chi connectivity index (χ0n) is 12.5. The molecule has 1 N–H and O–H groups in total. The van der Waals surface area contributed by atoms with E-state index in [2.05, 4.69) is 5.32 Å². The second kappa shape index (κ2) is 5.83. The number of nitrogens with one attached hydrogen (secondary N) is 1. The SMILES string of the molecule is CC(C)(C)c1ccccc1NC(=O)c1ccc(F)c(F)c1F. The molecular formula is C17H16F3NO. The minimum absolute atomic E-state index is 0.240. The highest BCUT2D eigenvalue weighted by Crippen LogP contribution is 2.29. The number of rotatable bonds is 2. The summed E-state index contributed by atoms with van der Waals surface area (Å²) in [5.41, 5.74) is 0.578. The van der Waals surface area contributed by atoms with Gasteiger partial charge in [-0.05, 0) is 29.2 Å². The average molecular weight is 307 g/mol. The molecule has 0 aliphatic heterocycles. The number of anilines is 1. The first kappa shape index (κ1) is 16.1. The minimum Gasteiger partial charge on any atom is -0.322 e. The Kier molecular flexibility index (Phi) is 4.26. The van der Waals surface area contributed by atoms with Crippen LogP contribution >= 0.6 is 0 Å². The molecule has 0 aliphatic rings. The molecule has 1 amide bonds. The average Bonchev–Trinajstić information content (AvgIpc) is 2.44. The summed E-state index contributed by atoms with van der Waals surface area (Å²) in [5.74, 6) is -5.31. The van der Waals surface area contributed by atoms with Crippen molar-refractivity contribution in [2.45, 2.75) is 26.2 Å². The normalized spacial score (nSPS) is 11.4. The van der Waals surface area contributed by atoms with Crippen molar-refractivity contribution < 1.29 is 18.0 Å². The third kappa shape index (κ3) is 3.13. The van der Waals surface area contributed by atoms with Crippen LogP contribution in [0.25, 0.3) is 0 Å². The number of halogens is 3. The Morgan fingerprint density at radius 2 is 1.59 bits per heavy atom. The maximum absolute atomic E-state index is 13.7. The summed E-state index contributed by atoms with van der Waals surface area (Å²) in [6.45, 7) is 5.91. The predicted octanol–water partition coefficient (Wildman–Crippen LogP) is 4.65. The van der Waals surface area contributed by atoms with E-state index in [0.717, 1.165) is 17.7 Å². The lowest BCUT2D eigenvalue weighted by atomic mass is 9.86. The predicted molar refractivity (Wildman–Crippen MR) is 79.4 cm³/mol. The van der Waals surface area contributed by atoms with E-state index in [4.69, 9.17) is 0 Å². The molecule has 2 nitrogen and oxygen atoms in total. The highest BCUT2D eigenvalue weighted by molar-refractivity contribution is 6.04. The summed E-state index contributed by atoms with van der Waals surface area (Å²) in [5, 5.41) is 2.55. The first-order valence-corrected chi connectivity index (χ1v) is 6.76. The van der Waals surface area contributed by atoms with E-state index in [1.165, 1.54) is 0 Å². The van der Waals surface area contributed by atoms with E-state index in [9.17, 15) is 18.0 Å². The van der Waals surface area contributed by atoms with E-state index in [0.29, 0.717) is 5.69 Å². The largest absolute Gasteiger partial charge is 0.322 e. The second-order valence-corrected chi connectivity index (χ2v) is 5.97. The Balaban J connectivity index is 2.37. The van der Waals surface area contributed by atoms with Crippen LogP contribution in [0.3, 0.4) is 0 Å². The van der Waals surface area contributed by atoms with Gasteiger partial charge in [0.25, 0.3) is 5.91 Å². The van der Waals surface area contributed by atoms with E-state index < -0.39 is 28.9 Å². The Labute approximate surface area is 127 Å². The lowest BCUT2D eigenvalue weighted by Gasteiger charge is -2.23. The molecule has 0 aliphatic carbocycles. The second-order valence-electron chi connectivity index (χ2n) is 5.97. The molecule has 116 valence electrons. The maximum atomic E-state index is 13.7. The van der Waals surface area contributed by atoms with Crippen LogP contribution in [0.4, 0.5) is 18.9 Å². The molecule has 2 rings (SSSR count). The fourth-order valence-electron chi connectivity index (χ4n) is 2.14. The monoisotopic (exact) mass is 307 g/mol. The van der Waals surface area contributed by atoms with Crippen LogP contribution in [0.5, 0.6) is 0 Å². The van der Waals surface area contributed by atoms with Crippen molar-refractivity contribution in [1.29, 1.82) is 0 Å². The number of para-hydroxylation sites is 1. The van der Waals surface area contributed by atoms with Crippen LogP contribution in [0, 0.1) is 17.5 Å². The number of benzene rings is 2. The van der Waals surface area contributed by atoms with Crippen molar-refractivity contribution in [2.24, 2.45) is 0 Å². The van der Waals surface area contributed by atoms with Crippen LogP contribution in [0.1, 0.15) is 36.7 Å². The summed E-state index contributed by atoms with van der Waals surface area (Å²) >= 11 is 0. The smallest absolute Gasteiger partial charge is 0.258 e. The molecule has 5 heteroatoms. The van der Waals surface area contributed by atoms with Gasteiger partial charge in [-0.2, -0.15) is 0 Å². The van der Waals surface area contributed by atoms with E-state index >= 15 is 0 Å². The molecule has 0 bridgehead atoms. The van der Waals surface area contributed by atoms with Gasteiger partial charge in [0.15, 0.2) is 17.5 Å². The lowest BCUT2D eigenvalue weighted by Crippen LogP contribution is -2.20. The van der Waals surface area contributed by atoms with Crippen LogP contribution in [0.2, 0.25) is 0 Å². The van der Waals surface area contributed by atoms with E-state index in [1.54, 1.807) is 12.1 Å². The van der Waals surface area contributed by atoms with Gasteiger partial charge in [-0.1, -0.05) is 39.0 Å². The topological polar surface area (TPSA) is 29.1 Å². The van der Waals surface area contributed by atoms with Gasteiger partial charge in [0.2, 0.25) is 0 Å². The van der Waals surface area contributed by atoms with Crippen molar-refractivity contribution in [3.05, 3.63) is 65.0 Å². The van der Waals surface area contributed by atoms with Gasteiger partial charge >= 0.3 is 0 Å². The van der Waals surface area contributed by atoms with Gasteiger partial charge in [-0.25, -0.2) is 13.2 Å². The van der Waals surface area contributed by atoms with Crippen LogP contribution in [-0.2, 0) is 5.41 Å². The Hall–Kier alpha value is -2.30. The molecule has 0 fully saturated rings. The van der Waals surface area contributed by atoms with Crippen LogP contribution in [-0.4, -0.2) is 5.91 Å². The summed E-state index contributed by atoms with van der Waals surface area (Å²) in [4.78, 5) is 12.1. The van der Waals surface area contributed by atoms with Gasteiger partial charge in [-0.15, -0.1) is 0 Å². The highest BCUT2D eigenvalue weighted by Gasteiger charge is 2.22. The quantitative estimate of drug-likeness (QED) is 0.804. The van der Waals surface area contributed by atoms with E-state index in [-0.39, 0.29) is 5.41 Å². The fraction of sp³-hybridized carbons (Fsp3) is 0.235. The molecular weight excluding hydrogens is 291 g/mol. The molecule has 0 saturated carbocycles. The molecule has 0 radical (unpaired) electrons. The van der Waals surface area contributed by atoms with Gasteiger partial charge in [0.1, 0.15) is 0 Å². The molecule has 2 aromatic rings. The Morgan fingerprint density at radius 1 is 0.955 bits per heavy atom. The van der Waals surface area contributed by atoms with Gasteiger partial charge in [0.05, 0.1) is 5.56 Å². The van der Waals surface area contributed by atoms with Gasteiger partial charge in [-0.3, -0.25) is 4.79 Å². The molecule has 2 aromatic carbocycles. The van der Waals surface area contributed by atoms with Crippen molar-refractivity contribution >= 4 is 11.6 Å². The molecule has 22 heavy (non-hydrogen) atoms. The molecule has 0 atom stereocenters. The minimum atomic E-state index is -1.66. The molecule has 0 saturated heterocycles. The third-order valence-corrected chi connectivity index (χ3v) is 3.26. The van der Waals surface area contributed by atoms with Crippen molar-refractivity contribution in [2.75, 3.05) is 5.32 Å². The Bertz CT molecular complexity index is 720. The Morgan fingerprint density at radius 3 is 2.23 bits per heavy atom. The number of carbonyl (C=O) groups excluding carboxylic acids is 1. The number of hydrogen-bond acceptors (Lipinski definition) is 1. The third-order valence-electron chi connectivity index (χ3n) is 3.26. The fourth-order valence-corrected chi connectivity index (χ4v) is 2.14. The standard InChI is InChI=1S/C17H16F3NO/c1-17(2,3)11-6-4-5-7-13(11)21-16(22)10-8-9-12(18)15(20)14(10)19/h4-9H,1-3H3,(H,21,22). The number of hydrogen-bond donors (Lipinski definition) is 1.